The molecule has 1 saturated heterocycles. The van der Waals surface area contributed by atoms with Gasteiger partial charge in [-0.2, -0.15) is 0 Å². The number of ether oxygens (including phenoxy) is 1. The van der Waals surface area contributed by atoms with Crippen LogP contribution in [0.15, 0.2) is 77.7 Å². The van der Waals surface area contributed by atoms with Gasteiger partial charge < -0.3 is 14.6 Å². The van der Waals surface area contributed by atoms with E-state index in [4.69, 9.17) is 9.72 Å². The number of likely N-dealkylation sites (tertiary alicyclic amines) is 1. The number of hydrogen-bond acceptors (Lipinski definition) is 5. The summed E-state index contributed by atoms with van der Waals surface area (Å²) in [6, 6.07) is 22.6. The number of aromatic nitrogens is 2. The second kappa shape index (κ2) is 11.0. The number of nitrogens with zero attached hydrogens (tertiary/aromatic N) is 3. The molecule has 1 aliphatic heterocycles. The standard InChI is InChI=1S/C32H36N4O3/c1-32(2,3)39-31(38)35(4)25-15-18-36(19-16-25)21-22-10-12-24(13-11-22)29-26(23-8-6-5-7-9-23)20-27-28(34-29)14-17-33-30(27)37/h5-14,17,20,25H,15-16,18-19,21H2,1-4H3,(H,33,37). The summed E-state index contributed by atoms with van der Waals surface area (Å²) in [5.41, 5.74) is 5.11. The van der Waals surface area contributed by atoms with Crippen molar-refractivity contribution in [2.45, 2.75) is 51.8 Å². The zero-order chi connectivity index (χ0) is 27.6. The van der Waals surface area contributed by atoms with Crippen LogP contribution in [0.25, 0.3) is 33.3 Å². The van der Waals surface area contributed by atoms with Crippen molar-refractivity contribution < 1.29 is 9.53 Å². The van der Waals surface area contributed by atoms with E-state index in [1.807, 2.05) is 70.3 Å². The molecule has 0 radical (unpaired) electrons. The molecule has 0 spiro atoms. The van der Waals surface area contributed by atoms with Crippen LogP contribution in [0, 0.1) is 0 Å². The molecule has 202 valence electrons. The quantitative estimate of drug-likeness (QED) is 0.342. The first kappa shape index (κ1) is 26.6. The third-order valence-corrected chi connectivity index (χ3v) is 7.26. The first-order chi connectivity index (χ1) is 18.7. The largest absolute Gasteiger partial charge is 0.444 e. The van der Waals surface area contributed by atoms with Crippen molar-refractivity contribution in [1.29, 1.82) is 0 Å². The molecular formula is C32H36N4O3. The van der Waals surface area contributed by atoms with Crippen LogP contribution >= 0.6 is 0 Å². The molecule has 7 nitrogen and oxygen atoms in total. The minimum absolute atomic E-state index is 0.139. The van der Waals surface area contributed by atoms with Gasteiger partial charge in [0.1, 0.15) is 5.60 Å². The van der Waals surface area contributed by atoms with Crippen LogP contribution in [0.1, 0.15) is 39.2 Å². The summed E-state index contributed by atoms with van der Waals surface area (Å²) in [6.45, 7) is 8.40. The normalized spacial score (nSPS) is 14.9. The van der Waals surface area contributed by atoms with Crippen molar-refractivity contribution in [2.24, 2.45) is 0 Å². The maximum absolute atomic E-state index is 12.5. The van der Waals surface area contributed by atoms with E-state index in [2.05, 4.69) is 34.1 Å². The molecule has 2 aromatic heterocycles. The smallest absolute Gasteiger partial charge is 0.410 e. The van der Waals surface area contributed by atoms with Gasteiger partial charge in [0, 0.05) is 50.0 Å². The van der Waals surface area contributed by atoms with E-state index in [1.54, 1.807) is 11.1 Å². The van der Waals surface area contributed by atoms with Crippen molar-refractivity contribution >= 4 is 17.0 Å². The van der Waals surface area contributed by atoms with Crippen LogP contribution in [0.5, 0.6) is 0 Å². The van der Waals surface area contributed by atoms with Gasteiger partial charge >= 0.3 is 6.09 Å². The van der Waals surface area contributed by atoms with Crippen molar-refractivity contribution in [2.75, 3.05) is 20.1 Å². The van der Waals surface area contributed by atoms with Crippen LogP contribution in [0.4, 0.5) is 4.79 Å². The van der Waals surface area contributed by atoms with Gasteiger partial charge in [0.05, 0.1) is 16.6 Å². The number of amides is 1. The second-order valence-electron chi connectivity index (χ2n) is 11.3. The van der Waals surface area contributed by atoms with Gasteiger partial charge in [0.15, 0.2) is 0 Å². The highest BCUT2D eigenvalue weighted by Gasteiger charge is 2.28. The lowest BCUT2D eigenvalue weighted by atomic mass is 9.97. The highest BCUT2D eigenvalue weighted by atomic mass is 16.6. The average Bonchev–Trinajstić information content (AvgIpc) is 2.93. The summed E-state index contributed by atoms with van der Waals surface area (Å²) in [4.78, 5) is 36.8. The fraction of sp³-hybridized carbons (Fsp3) is 0.344. The van der Waals surface area contributed by atoms with Crippen molar-refractivity contribution in [3.63, 3.8) is 0 Å². The predicted octanol–water partition coefficient (Wildman–Crippen LogP) is 6.09. The molecule has 39 heavy (non-hydrogen) atoms. The number of pyridine rings is 2. The van der Waals surface area contributed by atoms with E-state index in [0.717, 1.165) is 54.9 Å². The van der Waals surface area contributed by atoms with Gasteiger partial charge in [-0.25, -0.2) is 9.78 Å². The Bertz CT molecular complexity index is 1500. The molecule has 3 heterocycles. The Morgan fingerprint density at radius 3 is 2.38 bits per heavy atom. The van der Waals surface area contributed by atoms with Crippen LogP contribution in [0.2, 0.25) is 0 Å². The molecule has 0 bridgehead atoms. The number of piperidine rings is 1. The highest BCUT2D eigenvalue weighted by molar-refractivity contribution is 5.91. The average molecular weight is 525 g/mol. The third-order valence-electron chi connectivity index (χ3n) is 7.26. The molecule has 1 amide bonds. The van der Waals surface area contributed by atoms with Gasteiger partial charge in [-0.15, -0.1) is 0 Å². The fourth-order valence-electron chi connectivity index (χ4n) is 5.14. The van der Waals surface area contributed by atoms with Crippen LogP contribution in [-0.4, -0.2) is 57.6 Å². The SMILES string of the molecule is CN(C(=O)OC(C)(C)C)C1CCN(Cc2ccc(-c3nc4cc[nH]c(=O)c4cc3-c3ccccc3)cc2)CC1. The molecule has 1 N–H and O–H groups in total. The molecule has 0 unspecified atom stereocenters. The summed E-state index contributed by atoms with van der Waals surface area (Å²) in [6.07, 6.45) is 3.24. The molecule has 4 aromatic rings. The van der Waals surface area contributed by atoms with Crippen molar-refractivity contribution in [3.8, 4) is 22.4 Å². The second-order valence-corrected chi connectivity index (χ2v) is 11.3. The molecule has 0 aliphatic carbocycles. The number of carbonyl (C=O) groups excluding carboxylic acids is 1. The summed E-state index contributed by atoms with van der Waals surface area (Å²) in [7, 11) is 1.84. The Labute approximate surface area is 229 Å². The lowest BCUT2D eigenvalue weighted by molar-refractivity contribution is 0.0149. The number of rotatable bonds is 5. The van der Waals surface area contributed by atoms with E-state index in [9.17, 15) is 9.59 Å². The predicted molar refractivity (Wildman–Crippen MR) is 156 cm³/mol. The number of H-pyrrole nitrogens is 1. The zero-order valence-electron chi connectivity index (χ0n) is 23.1. The molecular weight excluding hydrogens is 488 g/mol. The van der Waals surface area contributed by atoms with Crippen LogP contribution in [-0.2, 0) is 11.3 Å². The van der Waals surface area contributed by atoms with E-state index >= 15 is 0 Å². The van der Waals surface area contributed by atoms with Gasteiger partial charge in [-0.1, -0.05) is 54.6 Å². The molecule has 1 fully saturated rings. The highest BCUT2D eigenvalue weighted by Crippen LogP contribution is 2.33. The Balaban J connectivity index is 1.30. The molecule has 1 aliphatic rings. The zero-order valence-corrected chi connectivity index (χ0v) is 23.1. The molecule has 2 aromatic carbocycles. The monoisotopic (exact) mass is 524 g/mol. The van der Waals surface area contributed by atoms with Gasteiger partial charge in [0.2, 0.25) is 0 Å². The molecule has 0 atom stereocenters. The number of carbonyl (C=O) groups is 1. The number of nitrogens with one attached hydrogen (secondary N) is 1. The van der Waals surface area contributed by atoms with E-state index < -0.39 is 5.60 Å². The van der Waals surface area contributed by atoms with Gasteiger partial charge in [-0.05, 0) is 56.9 Å². The van der Waals surface area contributed by atoms with Crippen LogP contribution in [0.3, 0.4) is 0 Å². The van der Waals surface area contributed by atoms with Crippen molar-refractivity contribution in [3.05, 3.63) is 88.8 Å². The van der Waals surface area contributed by atoms with Gasteiger partial charge in [-0.3, -0.25) is 9.69 Å². The number of aromatic amines is 1. The Morgan fingerprint density at radius 1 is 1.03 bits per heavy atom. The van der Waals surface area contributed by atoms with E-state index in [1.165, 1.54) is 5.56 Å². The maximum Gasteiger partial charge on any atom is 0.410 e. The van der Waals surface area contributed by atoms with E-state index in [0.29, 0.717) is 10.9 Å². The summed E-state index contributed by atoms with van der Waals surface area (Å²) >= 11 is 0. The molecule has 5 rings (SSSR count). The maximum atomic E-state index is 12.5. The van der Waals surface area contributed by atoms with Crippen LogP contribution < -0.4 is 5.56 Å². The first-order valence-corrected chi connectivity index (χ1v) is 13.5. The first-order valence-electron chi connectivity index (χ1n) is 13.5. The number of fused-ring (bicyclic) bond motifs is 1. The van der Waals surface area contributed by atoms with Gasteiger partial charge in [0.25, 0.3) is 5.56 Å². The lowest BCUT2D eigenvalue weighted by Gasteiger charge is -2.37. The minimum atomic E-state index is -0.486. The number of benzene rings is 2. The number of hydrogen-bond donors (Lipinski definition) is 1. The summed E-state index contributed by atoms with van der Waals surface area (Å²) < 4.78 is 5.54. The van der Waals surface area contributed by atoms with E-state index in [-0.39, 0.29) is 17.7 Å². The summed E-state index contributed by atoms with van der Waals surface area (Å²) in [5.74, 6) is 0. The lowest BCUT2D eigenvalue weighted by Crippen LogP contribution is -2.46. The Kier molecular flexibility index (Phi) is 7.53. The fourth-order valence-corrected chi connectivity index (χ4v) is 5.14. The topological polar surface area (TPSA) is 78.5 Å². The minimum Gasteiger partial charge on any atom is -0.444 e. The summed E-state index contributed by atoms with van der Waals surface area (Å²) in [5, 5.41) is 0.581. The van der Waals surface area contributed by atoms with Crippen molar-refractivity contribution in [1.82, 2.24) is 19.8 Å². The Morgan fingerprint density at radius 2 is 1.72 bits per heavy atom. The molecule has 0 saturated carbocycles. The third kappa shape index (κ3) is 6.20. The molecule has 7 heteroatoms. The Hall–Kier alpha value is -3.97.